The van der Waals surface area contributed by atoms with Gasteiger partial charge in [0.05, 0.1) is 5.57 Å². The monoisotopic (exact) mass is 405 g/mol. The molecule has 0 saturated heterocycles. The van der Waals surface area contributed by atoms with Crippen molar-refractivity contribution in [2.75, 3.05) is 23.3 Å². The molecular formula is C25H31N3O2. The van der Waals surface area contributed by atoms with Crippen LogP contribution in [0.15, 0.2) is 48.2 Å². The van der Waals surface area contributed by atoms with Gasteiger partial charge in [0.2, 0.25) is 0 Å². The standard InChI is InChI=1S/C25H31N3O2/c1-7-27(8-2)20-12-10-19(11-13-20)26-23-22(21-14-9-17(5)15-18(21)6)24(29)28(16(3)4)25(23)30/h9-16,26H,7-8H2,1-6H3. The molecule has 1 aliphatic heterocycles. The van der Waals surface area contributed by atoms with Gasteiger partial charge >= 0.3 is 0 Å². The Bertz CT molecular complexity index is 986. The van der Waals surface area contributed by atoms with E-state index in [0.717, 1.165) is 41.2 Å². The minimum absolute atomic E-state index is 0.213. The Kier molecular flexibility index (Phi) is 6.30. The van der Waals surface area contributed by atoms with Crippen molar-refractivity contribution in [1.29, 1.82) is 0 Å². The zero-order valence-corrected chi connectivity index (χ0v) is 18.7. The van der Waals surface area contributed by atoms with Crippen molar-refractivity contribution in [1.82, 2.24) is 4.90 Å². The van der Waals surface area contributed by atoms with Crippen LogP contribution in [-0.4, -0.2) is 35.8 Å². The van der Waals surface area contributed by atoms with Crippen molar-refractivity contribution >= 4 is 28.8 Å². The number of anilines is 2. The highest BCUT2D eigenvalue weighted by Gasteiger charge is 2.41. The summed E-state index contributed by atoms with van der Waals surface area (Å²) < 4.78 is 0. The number of hydrogen-bond acceptors (Lipinski definition) is 4. The molecule has 158 valence electrons. The predicted octanol–water partition coefficient (Wildman–Crippen LogP) is 4.75. The fourth-order valence-corrected chi connectivity index (χ4v) is 3.96. The molecule has 0 aromatic heterocycles. The molecule has 30 heavy (non-hydrogen) atoms. The van der Waals surface area contributed by atoms with Crippen molar-refractivity contribution in [3.8, 4) is 0 Å². The van der Waals surface area contributed by atoms with Crippen LogP contribution in [0.25, 0.3) is 5.57 Å². The molecule has 0 saturated carbocycles. The second-order valence-electron chi connectivity index (χ2n) is 7.99. The van der Waals surface area contributed by atoms with Crippen LogP contribution in [-0.2, 0) is 9.59 Å². The summed E-state index contributed by atoms with van der Waals surface area (Å²) in [4.78, 5) is 30.0. The SMILES string of the molecule is CCN(CC)c1ccc(NC2=C(c3ccc(C)cc3C)C(=O)N(C(C)C)C2=O)cc1. The van der Waals surface area contributed by atoms with E-state index in [4.69, 9.17) is 0 Å². The Morgan fingerprint density at radius 2 is 1.57 bits per heavy atom. The molecule has 0 radical (unpaired) electrons. The van der Waals surface area contributed by atoms with Gasteiger partial charge in [-0.25, -0.2) is 0 Å². The van der Waals surface area contributed by atoms with Gasteiger partial charge in [-0.2, -0.15) is 0 Å². The average Bonchev–Trinajstić information content (AvgIpc) is 2.94. The molecule has 0 spiro atoms. The van der Waals surface area contributed by atoms with E-state index in [2.05, 4.69) is 24.1 Å². The highest BCUT2D eigenvalue weighted by atomic mass is 16.2. The lowest BCUT2D eigenvalue weighted by Gasteiger charge is -2.21. The zero-order chi connectivity index (χ0) is 22.0. The van der Waals surface area contributed by atoms with Crippen molar-refractivity contribution in [2.45, 2.75) is 47.6 Å². The molecule has 0 atom stereocenters. The number of carbonyl (C=O) groups is 2. The van der Waals surface area contributed by atoms with Crippen LogP contribution < -0.4 is 10.2 Å². The number of nitrogens with one attached hydrogen (secondary N) is 1. The normalized spacial score (nSPS) is 14.2. The smallest absolute Gasteiger partial charge is 0.278 e. The largest absolute Gasteiger partial charge is 0.372 e. The maximum absolute atomic E-state index is 13.2. The molecule has 0 fully saturated rings. The van der Waals surface area contributed by atoms with Crippen LogP contribution in [0.3, 0.4) is 0 Å². The summed E-state index contributed by atoms with van der Waals surface area (Å²) in [6.45, 7) is 13.8. The first-order valence-corrected chi connectivity index (χ1v) is 10.6. The van der Waals surface area contributed by atoms with E-state index in [1.54, 1.807) is 0 Å². The van der Waals surface area contributed by atoms with Crippen LogP contribution in [0, 0.1) is 13.8 Å². The van der Waals surface area contributed by atoms with Crippen LogP contribution in [0.1, 0.15) is 44.4 Å². The number of imide groups is 1. The fraction of sp³-hybridized carbons (Fsp3) is 0.360. The third-order valence-corrected chi connectivity index (χ3v) is 5.55. The van der Waals surface area contributed by atoms with Crippen molar-refractivity contribution < 1.29 is 9.59 Å². The van der Waals surface area contributed by atoms with Crippen LogP contribution in [0.2, 0.25) is 0 Å². The molecule has 3 rings (SSSR count). The molecule has 1 heterocycles. The molecule has 2 aromatic carbocycles. The topological polar surface area (TPSA) is 52.7 Å². The summed E-state index contributed by atoms with van der Waals surface area (Å²) in [6, 6.07) is 13.7. The molecule has 0 bridgehead atoms. The van der Waals surface area contributed by atoms with Crippen molar-refractivity contribution in [2.24, 2.45) is 0 Å². The summed E-state index contributed by atoms with van der Waals surface area (Å²) in [5.74, 6) is -0.526. The summed E-state index contributed by atoms with van der Waals surface area (Å²) >= 11 is 0. The minimum Gasteiger partial charge on any atom is -0.372 e. The first-order chi connectivity index (χ1) is 14.3. The number of carbonyl (C=O) groups excluding carboxylic acids is 2. The third kappa shape index (κ3) is 3.97. The van der Waals surface area contributed by atoms with Gasteiger partial charge in [0, 0.05) is 30.5 Å². The van der Waals surface area contributed by atoms with Crippen molar-refractivity contribution in [3.05, 3.63) is 64.9 Å². The molecule has 0 aliphatic carbocycles. The van der Waals surface area contributed by atoms with Gasteiger partial charge < -0.3 is 10.2 Å². The van der Waals surface area contributed by atoms with Gasteiger partial charge in [-0.3, -0.25) is 14.5 Å². The van der Waals surface area contributed by atoms with E-state index >= 15 is 0 Å². The second kappa shape index (κ2) is 8.74. The molecule has 5 heteroatoms. The van der Waals surface area contributed by atoms with E-state index < -0.39 is 0 Å². The van der Waals surface area contributed by atoms with Crippen LogP contribution in [0.4, 0.5) is 11.4 Å². The number of amides is 2. The lowest BCUT2D eigenvalue weighted by atomic mass is 9.97. The van der Waals surface area contributed by atoms with E-state index in [-0.39, 0.29) is 17.9 Å². The fourth-order valence-electron chi connectivity index (χ4n) is 3.96. The minimum atomic E-state index is -0.280. The molecular weight excluding hydrogens is 374 g/mol. The van der Waals surface area contributed by atoms with Gasteiger partial charge in [-0.15, -0.1) is 0 Å². The Hall–Kier alpha value is -3.08. The lowest BCUT2D eigenvalue weighted by Crippen LogP contribution is -2.38. The van der Waals surface area contributed by atoms with Crippen LogP contribution in [0.5, 0.6) is 0 Å². The molecule has 5 nitrogen and oxygen atoms in total. The number of benzene rings is 2. The zero-order valence-electron chi connectivity index (χ0n) is 18.7. The number of nitrogens with zero attached hydrogens (tertiary/aromatic N) is 2. The molecule has 1 aliphatic rings. The molecule has 1 N–H and O–H groups in total. The second-order valence-corrected chi connectivity index (χ2v) is 7.99. The third-order valence-electron chi connectivity index (χ3n) is 5.55. The first kappa shape index (κ1) is 21.6. The van der Waals surface area contributed by atoms with E-state index in [0.29, 0.717) is 11.3 Å². The van der Waals surface area contributed by atoms with Gasteiger partial charge in [0.25, 0.3) is 11.8 Å². The Morgan fingerprint density at radius 3 is 2.10 bits per heavy atom. The number of hydrogen-bond donors (Lipinski definition) is 1. The summed E-state index contributed by atoms with van der Waals surface area (Å²) in [5.41, 5.74) is 5.60. The van der Waals surface area contributed by atoms with Crippen LogP contribution >= 0.6 is 0 Å². The highest BCUT2D eigenvalue weighted by molar-refractivity contribution is 6.36. The first-order valence-electron chi connectivity index (χ1n) is 10.6. The van der Waals surface area contributed by atoms with E-state index in [1.807, 2.05) is 70.2 Å². The van der Waals surface area contributed by atoms with Gasteiger partial charge in [0.1, 0.15) is 5.70 Å². The maximum atomic E-state index is 13.2. The maximum Gasteiger partial charge on any atom is 0.278 e. The molecule has 0 unspecified atom stereocenters. The Morgan fingerprint density at radius 1 is 0.933 bits per heavy atom. The van der Waals surface area contributed by atoms with Crippen molar-refractivity contribution in [3.63, 3.8) is 0 Å². The van der Waals surface area contributed by atoms with Gasteiger partial charge in [-0.1, -0.05) is 23.8 Å². The number of rotatable bonds is 7. The number of aryl methyl sites for hydroxylation is 2. The van der Waals surface area contributed by atoms with E-state index in [9.17, 15) is 9.59 Å². The predicted molar refractivity (Wildman–Crippen MR) is 123 cm³/mol. The van der Waals surface area contributed by atoms with E-state index in [1.165, 1.54) is 4.90 Å². The summed E-state index contributed by atoms with van der Waals surface area (Å²) in [5, 5.41) is 3.25. The highest BCUT2D eigenvalue weighted by Crippen LogP contribution is 2.33. The summed E-state index contributed by atoms with van der Waals surface area (Å²) in [7, 11) is 0. The average molecular weight is 406 g/mol. The Labute approximate surface area is 179 Å². The molecule has 2 amide bonds. The molecule has 2 aromatic rings. The quantitative estimate of drug-likeness (QED) is 0.676. The summed E-state index contributed by atoms with van der Waals surface area (Å²) in [6.07, 6.45) is 0. The Balaban J connectivity index is 2.04. The van der Waals surface area contributed by atoms with Gasteiger partial charge in [-0.05, 0) is 76.9 Å². The van der Waals surface area contributed by atoms with Gasteiger partial charge in [0.15, 0.2) is 0 Å². The lowest BCUT2D eigenvalue weighted by molar-refractivity contribution is -0.138.